The molecule has 0 N–H and O–H groups in total. The number of carbonyl (C=O) groups is 1. The fraction of sp³-hybridized carbons (Fsp3) is 0.370. The second-order valence-corrected chi connectivity index (χ2v) is 8.76. The summed E-state index contributed by atoms with van der Waals surface area (Å²) in [6.07, 6.45) is 10.5. The Hall–Kier alpha value is -2.65. The third-order valence-electron chi connectivity index (χ3n) is 6.81. The summed E-state index contributed by atoms with van der Waals surface area (Å²) < 4.78 is 0. The SMILES string of the molecule is O=C1CCC2=C(C=CCC2)N1C1CCN(Cc2ccc(-c3ccccc3)cc2)CC1. The fourth-order valence-electron chi connectivity index (χ4n) is 5.14. The van der Waals surface area contributed by atoms with Crippen molar-refractivity contribution < 1.29 is 4.79 Å². The predicted molar refractivity (Wildman–Crippen MR) is 122 cm³/mol. The van der Waals surface area contributed by atoms with Gasteiger partial charge in [-0.1, -0.05) is 60.7 Å². The summed E-state index contributed by atoms with van der Waals surface area (Å²) in [5.74, 6) is 0.329. The molecule has 1 fully saturated rings. The normalized spacial score (nSPS) is 20.5. The number of hydrogen-bond donors (Lipinski definition) is 0. The number of carbonyl (C=O) groups excluding carboxylic acids is 1. The Labute approximate surface area is 179 Å². The van der Waals surface area contributed by atoms with Crippen LogP contribution in [0.1, 0.15) is 44.1 Å². The van der Waals surface area contributed by atoms with Gasteiger partial charge in [-0.2, -0.15) is 0 Å². The average molecular weight is 399 g/mol. The van der Waals surface area contributed by atoms with Crippen molar-refractivity contribution in [3.8, 4) is 11.1 Å². The molecule has 1 saturated heterocycles. The molecule has 3 heteroatoms. The molecule has 1 aliphatic carbocycles. The van der Waals surface area contributed by atoms with Gasteiger partial charge in [-0.25, -0.2) is 0 Å². The monoisotopic (exact) mass is 398 g/mol. The van der Waals surface area contributed by atoms with Gasteiger partial charge in [0, 0.05) is 37.8 Å². The van der Waals surface area contributed by atoms with Gasteiger partial charge in [0.15, 0.2) is 0 Å². The largest absolute Gasteiger partial charge is 0.309 e. The molecule has 2 heterocycles. The summed E-state index contributed by atoms with van der Waals surface area (Å²) in [5.41, 5.74) is 6.63. The van der Waals surface area contributed by atoms with Gasteiger partial charge in [0.1, 0.15) is 0 Å². The van der Waals surface area contributed by atoms with Crippen LogP contribution >= 0.6 is 0 Å². The first-order valence-corrected chi connectivity index (χ1v) is 11.4. The van der Waals surface area contributed by atoms with Crippen molar-refractivity contribution >= 4 is 5.91 Å². The second-order valence-electron chi connectivity index (χ2n) is 8.76. The Morgan fingerprint density at radius 3 is 2.33 bits per heavy atom. The highest BCUT2D eigenvalue weighted by Gasteiger charge is 2.33. The van der Waals surface area contributed by atoms with E-state index >= 15 is 0 Å². The van der Waals surface area contributed by atoms with Gasteiger partial charge in [0.2, 0.25) is 5.91 Å². The smallest absolute Gasteiger partial charge is 0.227 e. The van der Waals surface area contributed by atoms with E-state index in [1.165, 1.54) is 28.0 Å². The molecule has 30 heavy (non-hydrogen) atoms. The van der Waals surface area contributed by atoms with Crippen LogP contribution in [0.4, 0.5) is 0 Å². The molecule has 1 amide bonds. The van der Waals surface area contributed by atoms with Crippen molar-refractivity contribution in [1.82, 2.24) is 9.80 Å². The fourth-order valence-corrected chi connectivity index (χ4v) is 5.14. The number of allylic oxidation sites excluding steroid dienone is 3. The van der Waals surface area contributed by atoms with Gasteiger partial charge in [0.05, 0.1) is 0 Å². The number of likely N-dealkylation sites (tertiary alicyclic amines) is 1. The van der Waals surface area contributed by atoms with Crippen LogP contribution in [-0.4, -0.2) is 34.8 Å². The molecule has 154 valence electrons. The molecule has 2 aromatic rings. The zero-order valence-electron chi connectivity index (χ0n) is 17.6. The Kier molecular flexibility index (Phi) is 5.54. The highest BCUT2D eigenvalue weighted by molar-refractivity contribution is 5.81. The first-order valence-electron chi connectivity index (χ1n) is 11.4. The second kappa shape index (κ2) is 8.61. The molecule has 0 aromatic heterocycles. The molecule has 0 bridgehead atoms. The van der Waals surface area contributed by atoms with Crippen LogP contribution in [0.2, 0.25) is 0 Å². The van der Waals surface area contributed by atoms with E-state index in [1.54, 1.807) is 0 Å². The number of amides is 1. The maximum absolute atomic E-state index is 12.7. The van der Waals surface area contributed by atoms with Crippen molar-refractivity contribution in [1.29, 1.82) is 0 Å². The number of rotatable bonds is 4. The van der Waals surface area contributed by atoms with E-state index in [0.29, 0.717) is 18.4 Å². The van der Waals surface area contributed by atoms with Crippen molar-refractivity contribution in [2.75, 3.05) is 13.1 Å². The highest BCUT2D eigenvalue weighted by atomic mass is 16.2. The van der Waals surface area contributed by atoms with E-state index in [1.807, 2.05) is 0 Å². The number of hydrogen-bond acceptors (Lipinski definition) is 2. The quantitative estimate of drug-likeness (QED) is 0.675. The molecule has 2 aromatic carbocycles. The van der Waals surface area contributed by atoms with E-state index in [2.05, 4.69) is 76.5 Å². The van der Waals surface area contributed by atoms with Crippen molar-refractivity contribution in [2.45, 2.75) is 51.1 Å². The average Bonchev–Trinajstić information content (AvgIpc) is 2.81. The van der Waals surface area contributed by atoms with Crippen LogP contribution < -0.4 is 0 Å². The number of piperidine rings is 1. The van der Waals surface area contributed by atoms with Crippen molar-refractivity contribution in [2.24, 2.45) is 0 Å². The molecule has 2 aliphatic heterocycles. The van der Waals surface area contributed by atoms with Crippen LogP contribution in [-0.2, 0) is 11.3 Å². The first-order chi connectivity index (χ1) is 14.8. The minimum atomic E-state index is 0.329. The Bertz CT molecular complexity index is 950. The minimum Gasteiger partial charge on any atom is -0.309 e. The molecular formula is C27H30N2O. The Morgan fingerprint density at radius 2 is 1.57 bits per heavy atom. The molecular weight excluding hydrogens is 368 g/mol. The topological polar surface area (TPSA) is 23.6 Å². The molecule has 5 rings (SSSR count). The highest BCUT2D eigenvalue weighted by Crippen LogP contribution is 2.34. The van der Waals surface area contributed by atoms with Gasteiger partial charge in [0.25, 0.3) is 0 Å². The third kappa shape index (κ3) is 3.99. The molecule has 0 spiro atoms. The van der Waals surface area contributed by atoms with Gasteiger partial charge in [-0.15, -0.1) is 0 Å². The number of benzene rings is 2. The van der Waals surface area contributed by atoms with Crippen LogP contribution in [0.3, 0.4) is 0 Å². The maximum Gasteiger partial charge on any atom is 0.227 e. The summed E-state index contributed by atoms with van der Waals surface area (Å²) in [5, 5.41) is 0. The summed E-state index contributed by atoms with van der Waals surface area (Å²) >= 11 is 0. The molecule has 3 nitrogen and oxygen atoms in total. The standard InChI is InChI=1S/C27H30N2O/c30-27-15-14-24-8-4-5-9-26(24)29(27)25-16-18-28(19-17-25)20-21-10-12-23(13-11-21)22-6-2-1-3-7-22/h1-3,5-7,9-13,25H,4,8,14-20H2. The summed E-state index contributed by atoms with van der Waals surface area (Å²) in [6.45, 7) is 3.10. The van der Waals surface area contributed by atoms with E-state index in [4.69, 9.17) is 0 Å². The summed E-state index contributed by atoms with van der Waals surface area (Å²) in [6, 6.07) is 19.9. The van der Waals surface area contributed by atoms with E-state index in [9.17, 15) is 4.79 Å². The Balaban J connectivity index is 1.20. The lowest BCUT2D eigenvalue weighted by molar-refractivity contribution is -0.132. The Morgan fingerprint density at radius 1 is 0.833 bits per heavy atom. The zero-order chi connectivity index (χ0) is 20.3. The molecule has 0 unspecified atom stereocenters. The minimum absolute atomic E-state index is 0.329. The van der Waals surface area contributed by atoms with Gasteiger partial charge < -0.3 is 4.90 Å². The van der Waals surface area contributed by atoms with Crippen LogP contribution in [0, 0.1) is 0 Å². The molecule has 0 radical (unpaired) electrons. The molecule has 3 aliphatic rings. The van der Waals surface area contributed by atoms with Crippen LogP contribution in [0.5, 0.6) is 0 Å². The summed E-state index contributed by atoms with van der Waals surface area (Å²) in [7, 11) is 0. The summed E-state index contributed by atoms with van der Waals surface area (Å²) in [4.78, 5) is 17.4. The van der Waals surface area contributed by atoms with Crippen LogP contribution in [0.15, 0.2) is 78.0 Å². The zero-order valence-corrected chi connectivity index (χ0v) is 17.6. The van der Waals surface area contributed by atoms with Gasteiger partial charge >= 0.3 is 0 Å². The van der Waals surface area contributed by atoms with E-state index in [-0.39, 0.29) is 0 Å². The van der Waals surface area contributed by atoms with Gasteiger partial charge in [-0.3, -0.25) is 9.69 Å². The van der Waals surface area contributed by atoms with Crippen molar-refractivity contribution in [3.63, 3.8) is 0 Å². The van der Waals surface area contributed by atoms with Gasteiger partial charge in [-0.05, 0) is 60.4 Å². The predicted octanol–water partition coefficient (Wildman–Crippen LogP) is 5.54. The first kappa shape index (κ1) is 19.3. The lowest BCUT2D eigenvalue weighted by Crippen LogP contribution is -2.48. The van der Waals surface area contributed by atoms with E-state index in [0.717, 1.165) is 51.7 Å². The number of nitrogens with zero attached hydrogens (tertiary/aromatic N) is 2. The molecule has 0 saturated carbocycles. The lowest BCUT2D eigenvalue weighted by atomic mass is 9.90. The molecule has 0 atom stereocenters. The third-order valence-corrected chi connectivity index (χ3v) is 6.81. The van der Waals surface area contributed by atoms with Crippen molar-refractivity contribution in [3.05, 3.63) is 83.6 Å². The van der Waals surface area contributed by atoms with Crippen LogP contribution in [0.25, 0.3) is 11.1 Å². The maximum atomic E-state index is 12.7. The van der Waals surface area contributed by atoms with E-state index < -0.39 is 0 Å². The lowest BCUT2D eigenvalue weighted by Gasteiger charge is -2.42.